The largest absolute Gasteiger partial charge is 0.381 e. The molecule has 4 N–H and O–H groups in total. The Morgan fingerprint density at radius 2 is 1.96 bits per heavy atom. The van der Waals surface area contributed by atoms with Gasteiger partial charge in [-0.3, -0.25) is 0 Å². The van der Waals surface area contributed by atoms with Crippen LogP contribution in [0.15, 0.2) is 34.3 Å². The topological polar surface area (TPSA) is 81.1 Å². The van der Waals surface area contributed by atoms with E-state index in [1.165, 1.54) is 18.2 Å². The predicted molar refractivity (Wildman–Crippen MR) is 108 cm³/mol. The van der Waals surface area contributed by atoms with Crippen molar-refractivity contribution in [2.24, 2.45) is 11.1 Å². The van der Waals surface area contributed by atoms with Crippen molar-refractivity contribution in [3.63, 3.8) is 0 Å². The van der Waals surface area contributed by atoms with Gasteiger partial charge in [0.05, 0.1) is 16.2 Å². The average Bonchev–Trinajstić information content (AvgIpc) is 2.66. The van der Waals surface area contributed by atoms with Crippen molar-refractivity contribution in [3.05, 3.63) is 34.4 Å². The molecule has 5 nitrogen and oxygen atoms in total. The Bertz CT molecular complexity index is 823. The summed E-state index contributed by atoms with van der Waals surface area (Å²) in [5, 5.41) is 1.64. The zero-order valence-corrected chi connectivity index (χ0v) is 16.6. The van der Waals surface area contributed by atoms with Gasteiger partial charge in [-0.2, -0.15) is 0 Å². The summed E-state index contributed by atoms with van der Waals surface area (Å²) in [7, 11) is 0. The highest BCUT2D eigenvalue weighted by atomic mass is 35.5. The molecule has 2 aliphatic rings. The van der Waals surface area contributed by atoms with E-state index in [2.05, 4.69) is 14.9 Å². The van der Waals surface area contributed by atoms with Gasteiger partial charge in [-0.25, -0.2) is 9.97 Å². The number of nitrogens with two attached hydrogens (primary N) is 2. The van der Waals surface area contributed by atoms with E-state index in [0.717, 1.165) is 43.1 Å². The monoisotopic (exact) mass is 409 g/mol. The molecule has 2 aromatic rings. The minimum atomic E-state index is 0.356. The van der Waals surface area contributed by atoms with Crippen LogP contribution in [0.5, 0.6) is 0 Å². The second-order valence-corrected chi connectivity index (χ2v) is 8.88. The standard InChI is InChI=1S/C18H21Cl2N5S/c19-11-2-1-3-12(15(11)20)26-17-16(22)24-14(10-23-17)25-8-6-18(7-9-25)5-4-13(18)21/h1-3,10,13H,4-9,21H2,(H2,22,24). The lowest BCUT2D eigenvalue weighted by Gasteiger charge is -2.52. The fourth-order valence-corrected chi connectivity index (χ4v) is 5.08. The van der Waals surface area contributed by atoms with Gasteiger partial charge in [0, 0.05) is 24.0 Å². The minimum Gasteiger partial charge on any atom is -0.381 e. The number of aromatic nitrogens is 2. The van der Waals surface area contributed by atoms with Crippen molar-refractivity contribution in [2.75, 3.05) is 23.7 Å². The number of hydrogen-bond donors (Lipinski definition) is 2. The quantitative estimate of drug-likeness (QED) is 0.789. The van der Waals surface area contributed by atoms with Crippen molar-refractivity contribution in [3.8, 4) is 0 Å². The van der Waals surface area contributed by atoms with E-state index in [9.17, 15) is 0 Å². The van der Waals surface area contributed by atoms with Crippen LogP contribution in [0.25, 0.3) is 0 Å². The third kappa shape index (κ3) is 3.24. The molecule has 1 saturated carbocycles. The lowest BCUT2D eigenvalue weighted by molar-refractivity contribution is 0.0610. The normalized spacial score (nSPS) is 21.7. The predicted octanol–water partition coefficient (Wildman–Crippen LogP) is 4.22. The zero-order valence-electron chi connectivity index (χ0n) is 14.3. The summed E-state index contributed by atoms with van der Waals surface area (Å²) < 4.78 is 0. The van der Waals surface area contributed by atoms with Gasteiger partial charge < -0.3 is 16.4 Å². The van der Waals surface area contributed by atoms with Crippen LogP contribution in [0.4, 0.5) is 11.6 Å². The van der Waals surface area contributed by atoms with E-state index in [-0.39, 0.29) is 0 Å². The Morgan fingerprint density at radius 3 is 2.58 bits per heavy atom. The molecule has 1 aliphatic heterocycles. The molecule has 1 atom stereocenters. The summed E-state index contributed by atoms with van der Waals surface area (Å²) in [6, 6.07) is 5.86. The molecule has 26 heavy (non-hydrogen) atoms. The molecule has 2 heterocycles. The number of anilines is 2. The smallest absolute Gasteiger partial charge is 0.158 e. The van der Waals surface area contributed by atoms with Crippen molar-refractivity contribution < 1.29 is 0 Å². The van der Waals surface area contributed by atoms with Gasteiger partial charge in [-0.05, 0) is 43.2 Å². The van der Waals surface area contributed by atoms with Gasteiger partial charge >= 0.3 is 0 Å². The van der Waals surface area contributed by atoms with Gasteiger partial charge in [0.25, 0.3) is 0 Å². The van der Waals surface area contributed by atoms with Gasteiger partial charge in [0.1, 0.15) is 10.8 Å². The molecule has 0 amide bonds. The van der Waals surface area contributed by atoms with Crippen LogP contribution in [0.1, 0.15) is 25.7 Å². The van der Waals surface area contributed by atoms with Crippen LogP contribution in [0, 0.1) is 5.41 Å². The van der Waals surface area contributed by atoms with Crippen LogP contribution in [-0.2, 0) is 0 Å². The van der Waals surface area contributed by atoms with E-state index in [1.54, 1.807) is 12.3 Å². The number of nitrogens with zero attached hydrogens (tertiary/aromatic N) is 3. The Labute approximate surface area is 167 Å². The Kier molecular flexibility index (Phi) is 4.94. The summed E-state index contributed by atoms with van der Waals surface area (Å²) in [6.07, 6.45) is 6.43. The molecule has 1 unspecified atom stereocenters. The number of benzene rings is 1. The number of piperidine rings is 1. The Morgan fingerprint density at radius 1 is 1.19 bits per heavy atom. The van der Waals surface area contributed by atoms with E-state index in [4.69, 9.17) is 34.7 Å². The molecule has 4 rings (SSSR count). The maximum Gasteiger partial charge on any atom is 0.158 e. The summed E-state index contributed by atoms with van der Waals surface area (Å²) in [5.74, 6) is 1.23. The second kappa shape index (κ2) is 7.08. The third-order valence-corrected chi connectivity index (χ3v) is 7.70. The Hall–Kier alpha value is -1.21. The van der Waals surface area contributed by atoms with Gasteiger partial charge in [-0.1, -0.05) is 41.0 Å². The van der Waals surface area contributed by atoms with Gasteiger partial charge in [-0.15, -0.1) is 0 Å². The molecule has 1 saturated heterocycles. The molecule has 1 aromatic heterocycles. The molecular formula is C18H21Cl2N5S. The first-order chi connectivity index (χ1) is 12.5. The number of hydrogen-bond acceptors (Lipinski definition) is 6. The maximum atomic E-state index is 6.25. The maximum absolute atomic E-state index is 6.25. The highest BCUT2D eigenvalue weighted by molar-refractivity contribution is 7.99. The average molecular weight is 410 g/mol. The summed E-state index contributed by atoms with van der Waals surface area (Å²) in [5.41, 5.74) is 12.7. The third-order valence-electron chi connectivity index (χ3n) is 5.70. The van der Waals surface area contributed by atoms with E-state index >= 15 is 0 Å². The van der Waals surface area contributed by atoms with Crippen LogP contribution in [-0.4, -0.2) is 29.1 Å². The molecule has 1 aromatic carbocycles. The first kappa shape index (κ1) is 18.2. The zero-order chi connectivity index (χ0) is 18.3. The molecule has 1 aliphatic carbocycles. The number of nitrogen functional groups attached to an aromatic ring is 1. The molecular weight excluding hydrogens is 389 g/mol. The first-order valence-electron chi connectivity index (χ1n) is 8.73. The molecule has 8 heteroatoms. The Balaban J connectivity index is 1.47. The second-order valence-electron chi connectivity index (χ2n) is 7.07. The molecule has 0 radical (unpaired) electrons. The fourth-order valence-electron chi connectivity index (χ4n) is 3.80. The molecule has 138 valence electrons. The van der Waals surface area contributed by atoms with Gasteiger partial charge in [0.15, 0.2) is 5.82 Å². The van der Waals surface area contributed by atoms with Crippen molar-refractivity contribution in [1.29, 1.82) is 0 Å². The fraction of sp³-hybridized carbons (Fsp3) is 0.444. The first-order valence-corrected chi connectivity index (χ1v) is 10.3. The minimum absolute atomic E-state index is 0.356. The van der Waals surface area contributed by atoms with Crippen molar-refractivity contribution in [1.82, 2.24) is 9.97 Å². The molecule has 0 bridgehead atoms. The van der Waals surface area contributed by atoms with E-state index in [0.29, 0.717) is 32.3 Å². The van der Waals surface area contributed by atoms with Crippen LogP contribution in [0.2, 0.25) is 10.0 Å². The highest BCUT2D eigenvalue weighted by Gasteiger charge is 2.46. The van der Waals surface area contributed by atoms with Crippen LogP contribution >= 0.6 is 35.0 Å². The molecule has 2 fully saturated rings. The van der Waals surface area contributed by atoms with Crippen LogP contribution in [0.3, 0.4) is 0 Å². The van der Waals surface area contributed by atoms with Crippen LogP contribution < -0.4 is 16.4 Å². The summed E-state index contributed by atoms with van der Waals surface area (Å²) >= 11 is 13.7. The highest BCUT2D eigenvalue weighted by Crippen LogP contribution is 2.48. The number of halogens is 2. The summed E-state index contributed by atoms with van der Waals surface area (Å²) in [4.78, 5) is 12.1. The lowest BCUT2D eigenvalue weighted by Crippen LogP contribution is -2.56. The number of rotatable bonds is 3. The summed E-state index contributed by atoms with van der Waals surface area (Å²) in [6.45, 7) is 1.91. The van der Waals surface area contributed by atoms with E-state index < -0.39 is 0 Å². The SMILES string of the molecule is Nc1nc(N2CCC3(CCC3N)CC2)cnc1Sc1cccc(Cl)c1Cl. The lowest BCUT2D eigenvalue weighted by atomic mass is 9.60. The van der Waals surface area contributed by atoms with Crippen molar-refractivity contribution >= 4 is 46.6 Å². The molecule has 1 spiro atoms. The van der Waals surface area contributed by atoms with Crippen molar-refractivity contribution in [2.45, 2.75) is 41.6 Å². The van der Waals surface area contributed by atoms with Gasteiger partial charge in [0.2, 0.25) is 0 Å². The van der Waals surface area contributed by atoms with E-state index in [1.807, 2.05) is 12.1 Å².